The normalized spacial score (nSPS) is 28.2. The fraction of sp³-hybridized carbons (Fsp3) is 0.588. The summed E-state index contributed by atoms with van der Waals surface area (Å²) in [6.45, 7) is 9.46. The highest BCUT2D eigenvalue weighted by molar-refractivity contribution is 5.93. The molecule has 90 heavy (non-hydrogen) atoms. The van der Waals surface area contributed by atoms with E-state index >= 15 is 0 Å². The molecule has 0 unspecified atom stereocenters. The van der Waals surface area contributed by atoms with Crippen LogP contribution < -0.4 is 39.0 Å². The summed E-state index contributed by atoms with van der Waals surface area (Å²) in [5.74, 6) is -1.62. The van der Waals surface area contributed by atoms with Gasteiger partial charge in [0, 0.05) is 51.0 Å². The van der Waals surface area contributed by atoms with Crippen molar-refractivity contribution in [2.75, 3.05) is 42.9 Å². The number of hydroxylamine groups is 1. The molecule has 500 valence electrons. The predicted octanol–water partition coefficient (Wildman–Crippen LogP) is -4.31. The van der Waals surface area contributed by atoms with Gasteiger partial charge in [0.15, 0.2) is 48.2 Å². The molecule has 8 heterocycles. The molecule has 0 bridgehead atoms. The number of aliphatic hydroxyl groups is 8. The lowest BCUT2D eigenvalue weighted by atomic mass is 10.1. The number of carbonyl (C=O) groups is 4. The Morgan fingerprint density at radius 3 is 1.19 bits per heavy atom. The van der Waals surface area contributed by atoms with Gasteiger partial charge in [-0.3, -0.25) is 75.6 Å². The molecule has 16 atom stereocenters. The molecule has 5 aliphatic heterocycles. The van der Waals surface area contributed by atoms with Gasteiger partial charge >= 0.3 is 40.9 Å². The topological polar surface area (TPSA) is 553 Å². The average Bonchev–Trinajstić information content (AvgIpc) is 1.81. The molecule has 39 heteroatoms. The Morgan fingerprint density at radius 1 is 0.511 bits per heavy atom. The minimum Gasteiger partial charge on any atom is -0.463 e. The molecule has 4 saturated heterocycles. The molecule has 0 amide bonds. The van der Waals surface area contributed by atoms with Gasteiger partial charge in [0.05, 0.1) is 0 Å². The molecular weight excluding hydrogens is 1210 g/mol. The summed E-state index contributed by atoms with van der Waals surface area (Å²) in [7, 11) is 0. The zero-order valence-corrected chi connectivity index (χ0v) is 48.7. The van der Waals surface area contributed by atoms with E-state index in [9.17, 15) is 74.4 Å². The molecular formula is C51H74N12O27. The van der Waals surface area contributed by atoms with Crippen LogP contribution in [0.1, 0.15) is 84.9 Å². The Labute approximate surface area is 509 Å². The maximum absolute atomic E-state index is 11.8. The number of anilines is 3. The second-order valence-corrected chi connectivity index (χ2v) is 19.8. The summed E-state index contributed by atoms with van der Waals surface area (Å²) in [6.07, 6.45) is -9.10. The largest absolute Gasteiger partial charge is 0.463 e. The van der Waals surface area contributed by atoms with Crippen LogP contribution in [0.2, 0.25) is 0 Å². The molecule has 39 nitrogen and oxygen atoms in total. The summed E-state index contributed by atoms with van der Waals surface area (Å²) in [6, 6.07) is 3.86. The van der Waals surface area contributed by atoms with E-state index in [1.807, 2.05) is 19.3 Å². The number of esters is 4. The number of aliphatic imine (C=N–C) groups is 1. The van der Waals surface area contributed by atoms with Gasteiger partial charge in [0.2, 0.25) is 0 Å². The molecule has 0 aliphatic carbocycles. The Hall–Kier alpha value is -7.97. The highest BCUT2D eigenvalue weighted by atomic mass is 16.6. The van der Waals surface area contributed by atoms with Crippen molar-refractivity contribution in [1.82, 2.24) is 39.0 Å². The maximum Gasteiger partial charge on any atom is 0.351 e. The first-order valence-corrected chi connectivity index (χ1v) is 27.7. The van der Waals surface area contributed by atoms with E-state index in [0.717, 1.165) is 26.5 Å². The third kappa shape index (κ3) is 19.3. The van der Waals surface area contributed by atoms with Crippen molar-refractivity contribution < 1.29 is 119 Å². The highest BCUT2D eigenvalue weighted by Gasteiger charge is 2.49. The summed E-state index contributed by atoms with van der Waals surface area (Å²) in [5.41, 5.74) is 4.67. The van der Waals surface area contributed by atoms with E-state index in [1.165, 1.54) is 60.9 Å². The van der Waals surface area contributed by atoms with Crippen molar-refractivity contribution in [3.63, 3.8) is 0 Å². The second-order valence-electron chi connectivity index (χ2n) is 19.8. The standard InChI is InChI=1S/C15H23N3O6.C13H19N3O7.C12H17N3O7.C11H15N3O7/c1-3-4-5-12(19)23-8-10-13(20)14(21)15(24-10)18-7-6-11(17-22)16-9(18)2;1-2-3-9(17)22-6-7-10(18)11(19)12(23-7)16-5-4-8(15-21)14-13(16)20;1-2-8(16)21-5-6-9(17)10(18)11(22-6)15-4-3-7(14-20)13-12(15)19;1-5(15)20-4-6-8(16)9(17)10(21-6)14-3-2-7(13-19)12-11(14)18/h6-7,10,13-15,20-22H,2-5,8H2,1H3,(H,16,17);4-5,7,10-12,18-19,21H,2-3,6H2,1H3,(H,14,15,20);3-4,6,9-11,17-18,20H,2,5H2,1H3,(H,13,14,19);2-3,6,8-10,16-17,19H,4H2,1H3,(H,12,13,18)/t10-,13-,14-,15-;7-,10-,11-,12-;6-,9-,10-,11-;6-,8-,9-,10-/m1111/s1. The number of amidine groups is 1. The molecule has 4 fully saturated rings. The monoisotopic (exact) mass is 1290 g/mol. The van der Waals surface area contributed by atoms with Gasteiger partial charge in [-0.1, -0.05) is 33.8 Å². The molecule has 16 N–H and O–H groups in total. The molecule has 0 radical (unpaired) electrons. The van der Waals surface area contributed by atoms with Crippen molar-refractivity contribution in [3.05, 3.63) is 92.9 Å². The van der Waals surface area contributed by atoms with Gasteiger partial charge < -0.3 is 83.6 Å². The van der Waals surface area contributed by atoms with Crippen LogP contribution in [-0.4, -0.2) is 231 Å². The number of ether oxygens (including phenoxy) is 8. The summed E-state index contributed by atoms with van der Waals surface area (Å²) in [4.78, 5) is 96.0. The number of aliphatic hydroxyl groups excluding tert-OH is 8. The van der Waals surface area contributed by atoms with E-state index in [1.54, 1.807) is 23.4 Å². The van der Waals surface area contributed by atoms with Crippen molar-refractivity contribution in [3.8, 4) is 0 Å². The van der Waals surface area contributed by atoms with Crippen molar-refractivity contribution >= 4 is 47.2 Å². The number of hydrogen-bond donors (Lipinski definition) is 16. The Bertz CT molecular complexity index is 3120. The van der Waals surface area contributed by atoms with Crippen LogP contribution in [0.15, 0.2) is 80.8 Å². The van der Waals surface area contributed by atoms with Gasteiger partial charge in [-0.15, -0.1) is 0 Å². The van der Waals surface area contributed by atoms with Crippen molar-refractivity contribution in [1.29, 1.82) is 0 Å². The zero-order valence-electron chi connectivity index (χ0n) is 48.7. The Balaban J connectivity index is 0.000000218. The second kappa shape index (κ2) is 34.9. The fourth-order valence-electron chi connectivity index (χ4n) is 8.65. The smallest absolute Gasteiger partial charge is 0.351 e. The SMILES string of the molecule is C=C1N=C(NO)C=CN1[C@@H]1O[C@H](COC(=O)CCCC)[C@@H](O)[C@H]1O.CC(=O)OC[C@H]1O[C@@H](n2ccc(NO)nc2=O)[C@H](O)[C@@H]1O.CCC(=O)OC[C@H]1O[C@@H](n2ccc(NO)nc2=O)[C@H](O)[C@@H]1O.CCCC(=O)OC[C@H]1O[C@@H](n2ccc(NO)nc2=O)[C@H](O)[C@@H]1O. The molecule has 0 saturated carbocycles. The third-order valence-electron chi connectivity index (χ3n) is 13.5. The number of hydrogen-bond acceptors (Lipinski definition) is 36. The van der Waals surface area contributed by atoms with E-state index in [2.05, 4.69) is 26.5 Å². The highest BCUT2D eigenvalue weighted by Crippen LogP contribution is 2.32. The van der Waals surface area contributed by atoms with Crippen LogP contribution in [-0.2, 0) is 57.1 Å². The minimum atomic E-state index is -1.39. The minimum absolute atomic E-state index is 0.0654. The summed E-state index contributed by atoms with van der Waals surface area (Å²) < 4.78 is 44.3. The van der Waals surface area contributed by atoms with Crippen LogP contribution in [0.3, 0.4) is 0 Å². The van der Waals surface area contributed by atoms with Crippen LogP contribution in [0.4, 0.5) is 17.5 Å². The molecule has 5 aliphatic rings. The van der Waals surface area contributed by atoms with Crippen LogP contribution >= 0.6 is 0 Å². The number of aromatic nitrogens is 6. The van der Waals surface area contributed by atoms with E-state index in [0.29, 0.717) is 12.8 Å². The quantitative estimate of drug-likeness (QED) is 0.0273. The van der Waals surface area contributed by atoms with Crippen molar-refractivity contribution in [2.24, 2.45) is 4.99 Å². The lowest BCUT2D eigenvalue weighted by molar-refractivity contribution is -0.151. The first-order valence-electron chi connectivity index (χ1n) is 27.7. The lowest BCUT2D eigenvalue weighted by Crippen LogP contribution is -2.42. The van der Waals surface area contributed by atoms with Crippen molar-refractivity contribution in [2.45, 2.75) is 164 Å². The maximum atomic E-state index is 11.8. The van der Waals surface area contributed by atoms with Gasteiger partial charge in [0.1, 0.15) is 105 Å². The van der Waals surface area contributed by atoms with E-state index < -0.39 is 133 Å². The molecule has 3 aromatic rings. The predicted molar refractivity (Wildman–Crippen MR) is 297 cm³/mol. The number of nitrogens with one attached hydrogen (secondary N) is 4. The third-order valence-corrected chi connectivity index (χ3v) is 13.5. The molecule has 3 aromatic heterocycles. The number of unbranched alkanes of at least 4 members (excludes halogenated alkanes) is 1. The average molecular weight is 1290 g/mol. The Morgan fingerprint density at radius 2 is 0.867 bits per heavy atom. The van der Waals surface area contributed by atoms with Gasteiger partial charge in [0.25, 0.3) is 0 Å². The lowest BCUT2D eigenvalue weighted by Gasteiger charge is -2.30. The van der Waals surface area contributed by atoms with Gasteiger partial charge in [-0.25, -0.2) is 19.4 Å². The van der Waals surface area contributed by atoms with Crippen LogP contribution in [0.25, 0.3) is 0 Å². The molecule has 0 spiro atoms. The van der Waals surface area contributed by atoms with E-state index in [-0.39, 0.29) is 74.3 Å². The van der Waals surface area contributed by atoms with E-state index in [4.69, 9.17) is 58.7 Å². The number of carbonyl (C=O) groups excluding carboxylic acids is 4. The number of nitrogens with zero attached hydrogens (tertiary/aromatic N) is 8. The van der Waals surface area contributed by atoms with Crippen LogP contribution in [0.5, 0.6) is 0 Å². The Kier molecular flexibility index (Phi) is 28.2. The molecule has 0 aromatic carbocycles. The first-order chi connectivity index (χ1) is 42.9. The van der Waals surface area contributed by atoms with Gasteiger partial charge in [-0.05, 0) is 37.1 Å². The number of rotatable bonds is 21. The fourth-order valence-corrected chi connectivity index (χ4v) is 8.65. The summed E-state index contributed by atoms with van der Waals surface area (Å²) in [5, 5.41) is 115. The first kappa shape index (κ1) is 72.8. The molecule has 8 rings (SSSR count). The van der Waals surface area contributed by atoms with Gasteiger partial charge in [-0.2, -0.15) is 15.0 Å². The summed E-state index contributed by atoms with van der Waals surface area (Å²) >= 11 is 0. The van der Waals surface area contributed by atoms with Crippen LogP contribution in [0, 0.1) is 0 Å². The zero-order chi connectivity index (χ0) is 66.5.